The number of piperidine rings is 1. The third kappa shape index (κ3) is 4.36. The number of carbonyl (C=O) groups is 1. The Morgan fingerprint density at radius 3 is 2.71 bits per heavy atom. The lowest BCUT2D eigenvalue weighted by molar-refractivity contribution is 0.0926. The maximum Gasteiger partial charge on any atom is 0.253 e. The van der Waals surface area contributed by atoms with Crippen molar-refractivity contribution in [3.63, 3.8) is 0 Å². The molecule has 21 heavy (non-hydrogen) atoms. The predicted molar refractivity (Wildman–Crippen MR) is 84.6 cm³/mol. The van der Waals surface area contributed by atoms with Crippen LogP contribution < -0.4 is 15.8 Å². The van der Waals surface area contributed by atoms with Crippen molar-refractivity contribution in [3.8, 4) is 5.75 Å². The van der Waals surface area contributed by atoms with Crippen LogP contribution in [-0.4, -0.2) is 43.6 Å². The molecule has 0 saturated carbocycles. The highest BCUT2D eigenvalue weighted by molar-refractivity contribution is 5.99. The van der Waals surface area contributed by atoms with Gasteiger partial charge >= 0.3 is 0 Å². The molecule has 1 fully saturated rings. The van der Waals surface area contributed by atoms with E-state index in [9.17, 15) is 4.79 Å². The van der Waals surface area contributed by atoms with Gasteiger partial charge in [-0.2, -0.15) is 0 Å². The average Bonchev–Trinajstić information content (AvgIpc) is 2.47. The van der Waals surface area contributed by atoms with Crippen LogP contribution in [0.4, 0.5) is 5.69 Å². The van der Waals surface area contributed by atoms with Crippen LogP contribution in [0.15, 0.2) is 18.2 Å². The van der Waals surface area contributed by atoms with Gasteiger partial charge in [0, 0.05) is 24.3 Å². The van der Waals surface area contributed by atoms with E-state index in [1.165, 1.54) is 19.3 Å². The first-order valence-electron chi connectivity index (χ1n) is 7.57. The molecular formula is C16H25N3O2. The highest BCUT2D eigenvalue weighted by atomic mass is 16.5. The second-order valence-corrected chi connectivity index (χ2v) is 5.69. The molecule has 1 unspecified atom stereocenters. The molecule has 0 aromatic heterocycles. The van der Waals surface area contributed by atoms with Gasteiger partial charge in [-0.05, 0) is 45.0 Å². The lowest BCUT2D eigenvalue weighted by Gasteiger charge is -2.29. The molecule has 1 aromatic rings. The van der Waals surface area contributed by atoms with Crippen molar-refractivity contribution in [1.82, 2.24) is 10.2 Å². The van der Waals surface area contributed by atoms with Crippen LogP contribution in [0.3, 0.4) is 0 Å². The van der Waals surface area contributed by atoms with Crippen molar-refractivity contribution < 1.29 is 9.53 Å². The number of rotatable bonds is 5. The summed E-state index contributed by atoms with van der Waals surface area (Å²) >= 11 is 0. The fourth-order valence-corrected chi connectivity index (χ4v) is 2.75. The number of ether oxygens (including phenoxy) is 1. The summed E-state index contributed by atoms with van der Waals surface area (Å²) < 4.78 is 5.09. The Kier molecular flexibility index (Phi) is 5.44. The van der Waals surface area contributed by atoms with Crippen LogP contribution in [0.5, 0.6) is 5.75 Å². The minimum atomic E-state index is -0.125. The normalized spacial score (nSPS) is 17.2. The zero-order valence-corrected chi connectivity index (χ0v) is 12.9. The summed E-state index contributed by atoms with van der Waals surface area (Å²) in [6.45, 7) is 5.18. The highest BCUT2D eigenvalue weighted by Crippen LogP contribution is 2.19. The number of nitrogens with one attached hydrogen (secondary N) is 1. The molecular weight excluding hydrogens is 266 g/mol. The van der Waals surface area contributed by atoms with E-state index in [1.807, 2.05) is 6.92 Å². The number of carbonyl (C=O) groups excluding carboxylic acids is 1. The molecule has 1 aliphatic heterocycles. The lowest BCUT2D eigenvalue weighted by atomic mass is 10.1. The predicted octanol–water partition coefficient (Wildman–Crippen LogP) is 1.88. The summed E-state index contributed by atoms with van der Waals surface area (Å²) in [5.74, 6) is 0.532. The molecule has 1 amide bonds. The van der Waals surface area contributed by atoms with Crippen molar-refractivity contribution in [1.29, 1.82) is 0 Å². The average molecular weight is 291 g/mol. The summed E-state index contributed by atoms with van der Waals surface area (Å²) in [4.78, 5) is 14.7. The minimum absolute atomic E-state index is 0.108. The van der Waals surface area contributed by atoms with E-state index in [1.54, 1.807) is 25.3 Å². The molecule has 116 valence electrons. The standard InChI is InChI=1S/C16H25N3O2/c1-12(11-19-8-4-3-5-9-19)18-16(20)14-7-6-13(21-2)10-15(14)17/h6-7,10,12H,3-5,8-9,11,17H2,1-2H3,(H,18,20). The van der Waals surface area contributed by atoms with E-state index < -0.39 is 0 Å². The van der Waals surface area contributed by atoms with Gasteiger partial charge < -0.3 is 20.7 Å². The van der Waals surface area contributed by atoms with Gasteiger partial charge in [0.25, 0.3) is 5.91 Å². The Labute approximate surface area is 126 Å². The van der Waals surface area contributed by atoms with Crippen molar-refractivity contribution in [2.24, 2.45) is 0 Å². The highest BCUT2D eigenvalue weighted by Gasteiger charge is 2.17. The second kappa shape index (κ2) is 7.31. The molecule has 1 saturated heterocycles. The molecule has 2 rings (SSSR count). The zero-order valence-electron chi connectivity index (χ0n) is 12.9. The van der Waals surface area contributed by atoms with Crippen LogP contribution in [0, 0.1) is 0 Å². The number of amides is 1. The molecule has 5 nitrogen and oxygen atoms in total. The fraction of sp³-hybridized carbons (Fsp3) is 0.562. The van der Waals surface area contributed by atoms with Crippen LogP contribution in [0.2, 0.25) is 0 Å². The molecule has 1 atom stereocenters. The third-order valence-electron chi connectivity index (χ3n) is 3.86. The van der Waals surface area contributed by atoms with Crippen molar-refractivity contribution in [3.05, 3.63) is 23.8 Å². The first-order chi connectivity index (χ1) is 10.1. The first-order valence-corrected chi connectivity index (χ1v) is 7.57. The van der Waals surface area contributed by atoms with Gasteiger partial charge in [-0.1, -0.05) is 6.42 Å². The van der Waals surface area contributed by atoms with Gasteiger partial charge in [-0.15, -0.1) is 0 Å². The van der Waals surface area contributed by atoms with Crippen LogP contribution in [0.25, 0.3) is 0 Å². The van der Waals surface area contributed by atoms with Crippen LogP contribution in [-0.2, 0) is 0 Å². The number of benzene rings is 1. The van der Waals surface area contributed by atoms with E-state index in [4.69, 9.17) is 10.5 Å². The number of nitrogen functional groups attached to an aromatic ring is 1. The smallest absolute Gasteiger partial charge is 0.253 e. The van der Waals surface area contributed by atoms with Gasteiger partial charge in [0.05, 0.1) is 12.7 Å². The van der Waals surface area contributed by atoms with Gasteiger partial charge in [-0.3, -0.25) is 4.79 Å². The Hall–Kier alpha value is -1.75. The van der Waals surface area contributed by atoms with Crippen molar-refractivity contribution >= 4 is 11.6 Å². The molecule has 1 heterocycles. The van der Waals surface area contributed by atoms with E-state index in [-0.39, 0.29) is 11.9 Å². The van der Waals surface area contributed by atoms with E-state index >= 15 is 0 Å². The second-order valence-electron chi connectivity index (χ2n) is 5.69. The van der Waals surface area contributed by atoms with E-state index in [0.717, 1.165) is 19.6 Å². The summed E-state index contributed by atoms with van der Waals surface area (Å²) in [7, 11) is 1.58. The largest absolute Gasteiger partial charge is 0.497 e. The number of hydrogen-bond donors (Lipinski definition) is 2. The van der Waals surface area contributed by atoms with E-state index in [2.05, 4.69) is 10.2 Å². The zero-order chi connectivity index (χ0) is 15.2. The van der Waals surface area contributed by atoms with Gasteiger partial charge in [0.1, 0.15) is 5.75 Å². The monoisotopic (exact) mass is 291 g/mol. The quantitative estimate of drug-likeness (QED) is 0.813. The number of anilines is 1. The maximum atomic E-state index is 12.3. The van der Waals surface area contributed by atoms with Crippen molar-refractivity contribution in [2.45, 2.75) is 32.2 Å². The number of hydrogen-bond acceptors (Lipinski definition) is 4. The number of nitrogens with zero attached hydrogens (tertiary/aromatic N) is 1. The summed E-state index contributed by atoms with van der Waals surface area (Å²) in [6, 6.07) is 5.24. The minimum Gasteiger partial charge on any atom is -0.497 e. The Bertz CT molecular complexity index is 484. The topological polar surface area (TPSA) is 67.6 Å². The molecule has 0 spiro atoms. The van der Waals surface area contributed by atoms with Gasteiger partial charge in [-0.25, -0.2) is 0 Å². The summed E-state index contributed by atoms with van der Waals surface area (Å²) in [5.41, 5.74) is 6.85. The molecule has 1 aromatic carbocycles. The van der Waals surface area contributed by atoms with Gasteiger partial charge in [0.2, 0.25) is 0 Å². The maximum absolute atomic E-state index is 12.3. The van der Waals surface area contributed by atoms with Crippen molar-refractivity contribution in [2.75, 3.05) is 32.5 Å². The first kappa shape index (κ1) is 15.6. The molecule has 0 radical (unpaired) electrons. The SMILES string of the molecule is COc1ccc(C(=O)NC(C)CN2CCCCC2)c(N)c1. The number of nitrogens with two attached hydrogens (primary N) is 1. The molecule has 3 N–H and O–H groups in total. The fourth-order valence-electron chi connectivity index (χ4n) is 2.75. The number of likely N-dealkylation sites (tertiary alicyclic amines) is 1. The number of methoxy groups -OCH3 is 1. The molecule has 1 aliphatic rings. The summed E-state index contributed by atoms with van der Waals surface area (Å²) in [6.07, 6.45) is 3.83. The van der Waals surface area contributed by atoms with Crippen LogP contribution >= 0.6 is 0 Å². The lowest BCUT2D eigenvalue weighted by Crippen LogP contribution is -2.43. The van der Waals surface area contributed by atoms with Crippen LogP contribution in [0.1, 0.15) is 36.5 Å². The Morgan fingerprint density at radius 1 is 1.38 bits per heavy atom. The summed E-state index contributed by atoms with van der Waals surface area (Å²) in [5, 5.41) is 3.02. The molecule has 0 aliphatic carbocycles. The Morgan fingerprint density at radius 2 is 2.10 bits per heavy atom. The Balaban J connectivity index is 1.90. The third-order valence-corrected chi connectivity index (χ3v) is 3.86. The molecule has 0 bridgehead atoms. The van der Waals surface area contributed by atoms with Gasteiger partial charge in [0.15, 0.2) is 0 Å². The molecule has 5 heteroatoms. The van der Waals surface area contributed by atoms with E-state index in [0.29, 0.717) is 17.0 Å².